The molecule has 126 valence electrons. The van der Waals surface area contributed by atoms with Gasteiger partial charge < -0.3 is 5.32 Å². The number of aryl methyl sites for hydroxylation is 1. The second-order valence-electron chi connectivity index (χ2n) is 6.33. The molecule has 0 bridgehead atoms. The first kappa shape index (κ1) is 16.9. The standard InChI is InChI=1S/C22H22N2O/c1-16(18-6-4-3-5-7-18)14-22(25)24-21-10-8-19(9-11-21)20-12-13-23-17(2)15-20/h3-13,15-16H,14H2,1-2H3,(H,24,25). The van der Waals surface area contributed by atoms with Gasteiger partial charge >= 0.3 is 0 Å². The Balaban J connectivity index is 1.62. The molecule has 0 saturated carbocycles. The number of pyridine rings is 1. The quantitative estimate of drug-likeness (QED) is 0.699. The van der Waals surface area contributed by atoms with Crippen LogP contribution in [0.25, 0.3) is 11.1 Å². The molecule has 3 heteroatoms. The van der Waals surface area contributed by atoms with Gasteiger partial charge in [-0.15, -0.1) is 0 Å². The van der Waals surface area contributed by atoms with Crippen LogP contribution in [0.15, 0.2) is 72.9 Å². The van der Waals surface area contributed by atoms with Crippen LogP contribution < -0.4 is 5.32 Å². The summed E-state index contributed by atoms with van der Waals surface area (Å²) in [5, 5.41) is 2.98. The Labute approximate surface area is 148 Å². The highest BCUT2D eigenvalue weighted by molar-refractivity contribution is 5.91. The lowest BCUT2D eigenvalue weighted by Crippen LogP contribution is -2.14. The molecule has 2 aromatic carbocycles. The summed E-state index contributed by atoms with van der Waals surface area (Å²) in [5.41, 5.74) is 5.23. The first-order valence-corrected chi connectivity index (χ1v) is 8.50. The highest BCUT2D eigenvalue weighted by atomic mass is 16.1. The molecule has 1 N–H and O–H groups in total. The zero-order valence-corrected chi connectivity index (χ0v) is 14.6. The van der Waals surface area contributed by atoms with E-state index in [0.29, 0.717) is 6.42 Å². The summed E-state index contributed by atoms with van der Waals surface area (Å²) >= 11 is 0. The predicted octanol–water partition coefficient (Wildman–Crippen LogP) is 5.19. The molecular formula is C22H22N2O. The second kappa shape index (κ2) is 7.75. The van der Waals surface area contributed by atoms with Crippen molar-refractivity contribution in [3.63, 3.8) is 0 Å². The van der Waals surface area contributed by atoms with E-state index < -0.39 is 0 Å². The van der Waals surface area contributed by atoms with Gasteiger partial charge in [0, 0.05) is 24.0 Å². The maximum absolute atomic E-state index is 12.3. The number of nitrogens with zero attached hydrogens (tertiary/aromatic N) is 1. The Morgan fingerprint density at radius 3 is 2.40 bits per heavy atom. The maximum atomic E-state index is 12.3. The molecule has 3 nitrogen and oxygen atoms in total. The van der Waals surface area contributed by atoms with Gasteiger partial charge in [0.1, 0.15) is 0 Å². The van der Waals surface area contributed by atoms with Gasteiger partial charge in [-0.3, -0.25) is 9.78 Å². The molecule has 3 rings (SSSR count). The van der Waals surface area contributed by atoms with Gasteiger partial charge in [0.05, 0.1) is 0 Å². The third kappa shape index (κ3) is 4.54. The molecular weight excluding hydrogens is 308 g/mol. The number of hydrogen-bond donors (Lipinski definition) is 1. The van der Waals surface area contributed by atoms with Crippen LogP contribution in [0, 0.1) is 6.92 Å². The van der Waals surface area contributed by atoms with E-state index in [9.17, 15) is 4.79 Å². The Morgan fingerprint density at radius 2 is 1.72 bits per heavy atom. The van der Waals surface area contributed by atoms with Crippen LogP contribution in [0.3, 0.4) is 0 Å². The van der Waals surface area contributed by atoms with E-state index >= 15 is 0 Å². The van der Waals surface area contributed by atoms with E-state index in [4.69, 9.17) is 0 Å². The molecule has 1 heterocycles. The highest BCUT2D eigenvalue weighted by Gasteiger charge is 2.11. The summed E-state index contributed by atoms with van der Waals surface area (Å²) in [5.74, 6) is 0.226. The van der Waals surface area contributed by atoms with Crippen LogP contribution in [0.4, 0.5) is 5.69 Å². The zero-order valence-electron chi connectivity index (χ0n) is 14.6. The van der Waals surface area contributed by atoms with Gasteiger partial charge in [0.15, 0.2) is 0 Å². The molecule has 0 saturated heterocycles. The van der Waals surface area contributed by atoms with Crippen molar-refractivity contribution in [2.45, 2.75) is 26.2 Å². The van der Waals surface area contributed by atoms with E-state index in [2.05, 4.69) is 35.4 Å². The monoisotopic (exact) mass is 330 g/mol. The number of rotatable bonds is 5. The molecule has 0 fully saturated rings. The van der Waals surface area contributed by atoms with Crippen molar-refractivity contribution in [2.24, 2.45) is 0 Å². The van der Waals surface area contributed by atoms with E-state index in [0.717, 1.165) is 22.5 Å². The largest absolute Gasteiger partial charge is 0.326 e. The van der Waals surface area contributed by atoms with Gasteiger partial charge in [-0.2, -0.15) is 0 Å². The highest BCUT2D eigenvalue weighted by Crippen LogP contribution is 2.23. The molecule has 1 unspecified atom stereocenters. The van der Waals surface area contributed by atoms with Crippen molar-refractivity contribution in [1.29, 1.82) is 0 Å². The Kier molecular flexibility index (Phi) is 5.24. The van der Waals surface area contributed by atoms with Gasteiger partial charge in [-0.1, -0.05) is 49.4 Å². The number of aromatic nitrogens is 1. The topological polar surface area (TPSA) is 42.0 Å². The summed E-state index contributed by atoms with van der Waals surface area (Å²) in [6.45, 7) is 4.05. The third-order valence-electron chi connectivity index (χ3n) is 4.26. The smallest absolute Gasteiger partial charge is 0.224 e. The molecule has 0 spiro atoms. The number of nitrogens with one attached hydrogen (secondary N) is 1. The van der Waals surface area contributed by atoms with Gasteiger partial charge in [-0.25, -0.2) is 0 Å². The number of anilines is 1. The van der Waals surface area contributed by atoms with Gasteiger partial charge in [0.2, 0.25) is 5.91 Å². The Morgan fingerprint density at radius 1 is 1.00 bits per heavy atom. The summed E-state index contributed by atoms with van der Waals surface area (Å²) < 4.78 is 0. The Bertz CT molecular complexity index is 841. The van der Waals surface area contributed by atoms with Crippen molar-refractivity contribution < 1.29 is 4.79 Å². The fraction of sp³-hybridized carbons (Fsp3) is 0.182. The van der Waals surface area contributed by atoms with E-state index in [1.807, 2.05) is 61.7 Å². The number of amides is 1. The summed E-state index contributed by atoms with van der Waals surface area (Å²) in [4.78, 5) is 16.5. The molecule has 0 aliphatic heterocycles. The predicted molar refractivity (Wildman–Crippen MR) is 103 cm³/mol. The summed E-state index contributed by atoms with van der Waals surface area (Å²) in [7, 11) is 0. The van der Waals surface area contributed by atoms with Crippen LogP contribution in [0.2, 0.25) is 0 Å². The molecule has 0 aliphatic carbocycles. The average Bonchev–Trinajstić information content (AvgIpc) is 2.63. The Hall–Kier alpha value is -2.94. The minimum Gasteiger partial charge on any atom is -0.326 e. The van der Waals surface area contributed by atoms with Crippen molar-refractivity contribution >= 4 is 11.6 Å². The summed E-state index contributed by atoms with van der Waals surface area (Å²) in [6.07, 6.45) is 2.28. The average molecular weight is 330 g/mol. The molecule has 1 aromatic heterocycles. The fourth-order valence-electron chi connectivity index (χ4n) is 2.86. The number of hydrogen-bond acceptors (Lipinski definition) is 2. The van der Waals surface area contributed by atoms with Gasteiger partial charge in [-0.05, 0) is 53.8 Å². The fourth-order valence-corrected chi connectivity index (χ4v) is 2.86. The maximum Gasteiger partial charge on any atom is 0.224 e. The van der Waals surface area contributed by atoms with Crippen molar-refractivity contribution in [3.05, 3.63) is 84.2 Å². The van der Waals surface area contributed by atoms with Gasteiger partial charge in [0.25, 0.3) is 0 Å². The SMILES string of the molecule is Cc1cc(-c2ccc(NC(=O)CC(C)c3ccccc3)cc2)ccn1. The van der Waals surface area contributed by atoms with Crippen molar-refractivity contribution in [2.75, 3.05) is 5.32 Å². The lowest BCUT2D eigenvalue weighted by atomic mass is 9.97. The minimum absolute atomic E-state index is 0.0314. The van der Waals surface area contributed by atoms with E-state index in [1.54, 1.807) is 0 Å². The number of benzene rings is 2. The molecule has 0 aliphatic rings. The zero-order chi connectivity index (χ0) is 17.6. The van der Waals surface area contributed by atoms with Crippen LogP contribution in [0.1, 0.15) is 30.5 Å². The number of carbonyl (C=O) groups excluding carboxylic acids is 1. The van der Waals surface area contributed by atoms with Crippen molar-refractivity contribution in [1.82, 2.24) is 4.98 Å². The van der Waals surface area contributed by atoms with Crippen LogP contribution in [0.5, 0.6) is 0 Å². The third-order valence-corrected chi connectivity index (χ3v) is 4.26. The van der Waals surface area contributed by atoms with Crippen LogP contribution in [-0.4, -0.2) is 10.9 Å². The van der Waals surface area contributed by atoms with Crippen molar-refractivity contribution in [3.8, 4) is 11.1 Å². The molecule has 1 atom stereocenters. The lowest BCUT2D eigenvalue weighted by molar-refractivity contribution is -0.116. The molecule has 3 aromatic rings. The van der Waals surface area contributed by atoms with E-state index in [-0.39, 0.29) is 11.8 Å². The normalized spacial score (nSPS) is 11.8. The molecule has 25 heavy (non-hydrogen) atoms. The molecule has 0 radical (unpaired) electrons. The van der Waals surface area contributed by atoms with E-state index in [1.165, 1.54) is 5.56 Å². The second-order valence-corrected chi connectivity index (χ2v) is 6.33. The summed E-state index contributed by atoms with van der Waals surface area (Å²) in [6, 6.07) is 22.1. The minimum atomic E-state index is 0.0314. The molecule has 1 amide bonds. The lowest BCUT2D eigenvalue weighted by Gasteiger charge is -2.12. The van der Waals surface area contributed by atoms with Crippen LogP contribution in [-0.2, 0) is 4.79 Å². The first-order chi connectivity index (χ1) is 12.1. The number of carbonyl (C=O) groups is 1. The first-order valence-electron chi connectivity index (χ1n) is 8.50. The van der Waals surface area contributed by atoms with Crippen LogP contribution >= 0.6 is 0 Å².